The fourth-order valence-corrected chi connectivity index (χ4v) is 2.85. The van der Waals surface area contributed by atoms with Gasteiger partial charge in [0, 0.05) is 25.5 Å². The second-order valence-electron chi connectivity index (χ2n) is 5.32. The Morgan fingerprint density at radius 1 is 1.33 bits per heavy atom. The number of hydrogen-bond donors (Lipinski definition) is 1. The summed E-state index contributed by atoms with van der Waals surface area (Å²) in [6.45, 7) is 0.725. The van der Waals surface area contributed by atoms with Crippen LogP contribution in [0.4, 0.5) is 11.4 Å². The van der Waals surface area contributed by atoms with Crippen LogP contribution in [0.2, 0.25) is 0 Å². The van der Waals surface area contributed by atoms with Crippen molar-refractivity contribution >= 4 is 17.3 Å². The minimum Gasteiger partial charge on any atom is -0.497 e. The Morgan fingerprint density at radius 3 is 2.81 bits per heavy atom. The zero-order chi connectivity index (χ0) is 15.0. The molecule has 0 unspecified atom stereocenters. The summed E-state index contributed by atoms with van der Waals surface area (Å²) in [4.78, 5) is 14.6. The highest BCUT2D eigenvalue weighted by atomic mass is 16.5. The minimum absolute atomic E-state index is 0.0136. The van der Waals surface area contributed by atoms with Crippen molar-refractivity contribution in [2.45, 2.75) is 12.8 Å². The van der Waals surface area contributed by atoms with Crippen LogP contribution in [0.15, 0.2) is 30.5 Å². The number of hydrogen-bond acceptors (Lipinski definition) is 3. The van der Waals surface area contributed by atoms with Crippen LogP contribution in [0, 0.1) is 0 Å². The van der Waals surface area contributed by atoms with Gasteiger partial charge in [0.1, 0.15) is 11.4 Å². The van der Waals surface area contributed by atoms with Gasteiger partial charge in [-0.3, -0.25) is 4.79 Å². The Morgan fingerprint density at radius 2 is 2.14 bits per heavy atom. The zero-order valence-corrected chi connectivity index (χ0v) is 12.3. The summed E-state index contributed by atoms with van der Waals surface area (Å²) in [6.07, 6.45) is 3.67. The van der Waals surface area contributed by atoms with Gasteiger partial charge in [-0.25, -0.2) is 0 Å². The second-order valence-corrected chi connectivity index (χ2v) is 5.32. The molecule has 1 aliphatic rings. The Hall–Kier alpha value is -2.43. The van der Waals surface area contributed by atoms with E-state index in [0.29, 0.717) is 11.4 Å². The van der Waals surface area contributed by atoms with Gasteiger partial charge in [0.2, 0.25) is 0 Å². The largest absolute Gasteiger partial charge is 0.497 e. The van der Waals surface area contributed by atoms with Crippen molar-refractivity contribution in [2.24, 2.45) is 7.05 Å². The van der Waals surface area contributed by atoms with Crippen molar-refractivity contribution in [3.05, 3.63) is 41.7 Å². The molecule has 1 aliphatic heterocycles. The zero-order valence-electron chi connectivity index (χ0n) is 12.3. The van der Waals surface area contributed by atoms with Gasteiger partial charge in [0.05, 0.1) is 12.8 Å². The van der Waals surface area contributed by atoms with Gasteiger partial charge >= 0.3 is 0 Å². The maximum atomic E-state index is 12.8. The van der Waals surface area contributed by atoms with Crippen LogP contribution in [-0.2, 0) is 13.5 Å². The number of benzene rings is 1. The molecule has 1 amide bonds. The predicted molar refractivity (Wildman–Crippen MR) is 82.8 cm³/mol. The lowest BCUT2D eigenvalue weighted by atomic mass is 10.0. The number of carbonyl (C=O) groups is 1. The molecular weight excluding hydrogens is 266 g/mol. The van der Waals surface area contributed by atoms with E-state index in [4.69, 9.17) is 10.5 Å². The molecule has 0 saturated heterocycles. The highest BCUT2D eigenvalue weighted by Crippen LogP contribution is 2.31. The first-order valence-electron chi connectivity index (χ1n) is 7.01. The van der Waals surface area contributed by atoms with Crippen molar-refractivity contribution < 1.29 is 9.53 Å². The summed E-state index contributed by atoms with van der Waals surface area (Å²) >= 11 is 0. The summed E-state index contributed by atoms with van der Waals surface area (Å²) in [5.74, 6) is 0.812. The first kappa shape index (κ1) is 13.5. The smallest absolute Gasteiger partial charge is 0.274 e. The molecule has 0 radical (unpaired) electrons. The first-order valence-corrected chi connectivity index (χ1v) is 7.01. The predicted octanol–water partition coefficient (Wildman–Crippen LogP) is 2.21. The lowest BCUT2D eigenvalue weighted by Gasteiger charge is -2.29. The summed E-state index contributed by atoms with van der Waals surface area (Å²) in [7, 11) is 3.49. The Bertz CT molecular complexity index is 691. The number of ether oxygens (including phenoxy) is 1. The maximum Gasteiger partial charge on any atom is 0.274 e. The molecule has 1 aromatic heterocycles. The van der Waals surface area contributed by atoms with Crippen LogP contribution in [0.3, 0.4) is 0 Å². The third-order valence-electron chi connectivity index (χ3n) is 3.90. The molecule has 0 aliphatic carbocycles. The van der Waals surface area contributed by atoms with E-state index in [0.717, 1.165) is 36.4 Å². The fourth-order valence-electron chi connectivity index (χ4n) is 2.85. The van der Waals surface area contributed by atoms with Crippen LogP contribution < -0.4 is 15.4 Å². The normalized spacial score (nSPS) is 13.9. The number of aromatic nitrogens is 1. The van der Waals surface area contributed by atoms with E-state index in [1.807, 2.05) is 30.1 Å². The van der Waals surface area contributed by atoms with Gasteiger partial charge in [-0.2, -0.15) is 0 Å². The lowest BCUT2D eigenvalue weighted by Crippen LogP contribution is -2.36. The van der Waals surface area contributed by atoms with E-state index in [1.165, 1.54) is 0 Å². The molecule has 2 aromatic rings. The van der Waals surface area contributed by atoms with Gasteiger partial charge in [0.25, 0.3) is 5.91 Å². The van der Waals surface area contributed by atoms with Crippen molar-refractivity contribution in [1.82, 2.24) is 4.57 Å². The van der Waals surface area contributed by atoms with Crippen molar-refractivity contribution in [3.8, 4) is 5.75 Å². The summed E-state index contributed by atoms with van der Waals surface area (Å²) < 4.78 is 7.03. The Labute approximate surface area is 123 Å². The summed E-state index contributed by atoms with van der Waals surface area (Å²) in [5, 5.41) is 0. The molecule has 21 heavy (non-hydrogen) atoms. The number of rotatable bonds is 2. The molecule has 0 bridgehead atoms. The molecule has 0 atom stereocenters. The summed E-state index contributed by atoms with van der Waals surface area (Å²) in [6, 6.07) is 7.58. The van der Waals surface area contributed by atoms with Crippen LogP contribution >= 0.6 is 0 Å². The van der Waals surface area contributed by atoms with Crippen LogP contribution in [0.1, 0.15) is 22.5 Å². The molecule has 5 nitrogen and oxygen atoms in total. The number of anilines is 2. The van der Waals surface area contributed by atoms with Crippen LogP contribution in [-0.4, -0.2) is 24.1 Å². The number of aryl methyl sites for hydroxylation is 2. The average Bonchev–Trinajstić information content (AvgIpc) is 2.84. The average molecular weight is 285 g/mol. The molecule has 2 N–H and O–H groups in total. The molecule has 0 saturated carbocycles. The number of nitrogens with zero attached hydrogens (tertiary/aromatic N) is 2. The fraction of sp³-hybridized carbons (Fsp3) is 0.312. The topological polar surface area (TPSA) is 60.5 Å². The number of amides is 1. The highest BCUT2D eigenvalue weighted by molar-refractivity contribution is 6.06. The number of nitrogens with two attached hydrogens (primary N) is 1. The first-order chi connectivity index (χ1) is 10.1. The quantitative estimate of drug-likeness (QED) is 0.920. The lowest BCUT2D eigenvalue weighted by molar-refractivity contribution is 0.0977. The number of carbonyl (C=O) groups excluding carboxylic acids is 1. The molecule has 5 heteroatoms. The van der Waals surface area contributed by atoms with Crippen LogP contribution in [0.25, 0.3) is 0 Å². The summed E-state index contributed by atoms with van der Waals surface area (Å²) in [5.41, 5.74) is 9.10. The molecule has 3 rings (SSSR count). The van der Waals surface area contributed by atoms with E-state index in [-0.39, 0.29) is 5.91 Å². The minimum atomic E-state index is -0.0136. The van der Waals surface area contributed by atoms with Gasteiger partial charge < -0.3 is 19.9 Å². The number of fused-ring (bicyclic) bond motifs is 1. The number of methoxy groups -OCH3 is 1. The molecule has 0 fully saturated rings. The van der Waals surface area contributed by atoms with E-state index in [2.05, 4.69) is 0 Å². The van der Waals surface area contributed by atoms with Crippen LogP contribution in [0.5, 0.6) is 5.75 Å². The van der Waals surface area contributed by atoms with Crippen molar-refractivity contribution in [3.63, 3.8) is 0 Å². The maximum absolute atomic E-state index is 12.8. The third kappa shape index (κ3) is 2.35. The SMILES string of the molecule is COc1ccc2c(c1)CCCN2C(=O)c1cc(N)cn1C. The Balaban J connectivity index is 1.98. The standard InChI is InChI=1S/C16H19N3O2/c1-18-10-12(17)9-15(18)16(20)19-7-3-4-11-8-13(21-2)5-6-14(11)19/h5-6,8-10H,3-4,7,17H2,1-2H3. The van der Waals surface area contributed by atoms with Crippen molar-refractivity contribution in [2.75, 3.05) is 24.3 Å². The highest BCUT2D eigenvalue weighted by Gasteiger charge is 2.25. The third-order valence-corrected chi connectivity index (χ3v) is 3.90. The molecule has 110 valence electrons. The van der Waals surface area contributed by atoms with E-state index < -0.39 is 0 Å². The molecule has 2 heterocycles. The van der Waals surface area contributed by atoms with E-state index in [9.17, 15) is 4.79 Å². The molecular formula is C16H19N3O2. The number of nitrogen functional groups attached to an aromatic ring is 1. The Kier molecular flexibility index (Phi) is 3.33. The monoisotopic (exact) mass is 285 g/mol. The van der Waals surface area contributed by atoms with E-state index >= 15 is 0 Å². The second kappa shape index (κ2) is 5.16. The van der Waals surface area contributed by atoms with Gasteiger partial charge in [-0.05, 0) is 42.7 Å². The van der Waals surface area contributed by atoms with Gasteiger partial charge in [-0.15, -0.1) is 0 Å². The van der Waals surface area contributed by atoms with Gasteiger partial charge in [-0.1, -0.05) is 0 Å². The van der Waals surface area contributed by atoms with E-state index in [1.54, 1.807) is 23.9 Å². The van der Waals surface area contributed by atoms with Crippen molar-refractivity contribution in [1.29, 1.82) is 0 Å². The molecule has 0 spiro atoms. The van der Waals surface area contributed by atoms with Gasteiger partial charge in [0.15, 0.2) is 0 Å². The molecule has 1 aromatic carbocycles.